The molecule has 0 spiro atoms. The van der Waals surface area contributed by atoms with Gasteiger partial charge in [-0.2, -0.15) is 17.6 Å². The van der Waals surface area contributed by atoms with Gasteiger partial charge in [-0.3, -0.25) is 0 Å². The molecular weight excluding hydrogens is 357 g/mol. The highest BCUT2D eigenvalue weighted by Crippen LogP contribution is 2.25. The van der Waals surface area contributed by atoms with Crippen LogP contribution in [0.25, 0.3) is 0 Å². The van der Waals surface area contributed by atoms with Gasteiger partial charge in [0.1, 0.15) is 11.5 Å². The van der Waals surface area contributed by atoms with E-state index in [1.54, 1.807) is 0 Å². The molecule has 2 aromatic carbocycles. The lowest BCUT2D eigenvalue weighted by molar-refractivity contribution is -0.0528. The molecule has 11 heteroatoms. The van der Waals surface area contributed by atoms with Crippen molar-refractivity contribution in [1.29, 1.82) is 0 Å². The molecule has 0 saturated carbocycles. The van der Waals surface area contributed by atoms with E-state index in [1.165, 1.54) is 0 Å². The maximum Gasteiger partial charge on any atom is 0.576 e. The van der Waals surface area contributed by atoms with Gasteiger partial charge in [0, 0.05) is 12.1 Å². The van der Waals surface area contributed by atoms with Gasteiger partial charge in [0.2, 0.25) is 0 Å². The molecule has 0 heterocycles. The molecule has 0 aliphatic rings. The SMILES string of the molecule is Fc1cc(OBOc2ccc(OC(F)F)c(F)c2)ccc1OC(F)F. The Morgan fingerprint density at radius 1 is 0.680 bits per heavy atom. The first-order valence-electron chi connectivity index (χ1n) is 6.59. The molecule has 0 unspecified atom stereocenters. The quantitative estimate of drug-likeness (QED) is 0.525. The second-order valence-electron chi connectivity index (χ2n) is 4.35. The highest BCUT2D eigenvalue weighted by atomic mass is 19.3. The molecule has 0 atom stereocenters. The van der Waals surface area contributed by atoms with Gasteiger partial charge < -0.3 is 18.8 Å². The van der Waals surface area contributed by atoms with Crippen molar-refractivity contribution < 1.29 is 45.1 Å². The summed E-state index contributed by atoms with van der Waals surface area (Å²) < 4.78 is 92.8. The fourth-order valence-electron chi connectivity index (χ4n) is 1.69. The van der Waals surface area contributed by atoms with Crippen molar-refractivity contribution in [1.82, 2.24) is 0 Å². The van der Waals surface area contributed by atoms with Crippen LogP contribution < -0.4 is 18.8 Å². The lowest BCUT2D eigenvalue weighted by Crippen LogP contribution is -2.12. The number of benzene rings is 2. The Morgan fingerprint density at radius 3 is 1.40 bits per heavy atom. The molecule has 4 nitrogen and oxygen atoms in total. The highest BCUT2D eigenvalue weighted by molar-refractivity contribution is 6.20. The van der Waals surface area contributed by atoms with Gasteiger partial charge in [0.25, 0.3) is 0 Å². The van der Waals surface area contributed by atoms with Gasteiger partial charge >= 0.3 is 20.9 Å². The Labute approximate surface area is 138 Å². The second-order valence-corrected chi connectivity index (χ2v) is 4.35. The van der Waals surface area contributed by atoms with Crippen LogP contribution >= 0.6 is 0 Å². The largest absolute Gasteiger partial charge is 0.576 e. The fraction of sp³-hybridized carbons (Fsp3) is 0.143. The van der Waals surface area contributed by atoms with E-state index in [1.807, 2.05) is 0 Å². The number of hydrogen-bond acceptors (Lipinski definition) is 4. The molecule has 2 aromatic rings. The summed E-state index contributed by atoms with van der Waals surface area (Å²) in [5.41, 5.74) is 0. The Kier molecular flexibility index (Phi) is 6.26. The van der Waals surface area contributed by atoms with Crippen molar-refractivity contribution in [2.75, 3.05) is 0 Å². The van der Waals surface area contributed by atoms with Gasteiger partial charge in [0.05, 0.1) is 0 Å². The molecule has 0 amide bonds. The van der Waals surface area contributed by atoms with Gasteiger partial charge in [-0.15, -0.1) is 0 Å². The van der Waals surface area contributed by atoms with Crippen LogP contribution in [0.15, 0.2) is 36.4 Å². The summed E-state index contributed by atoms with van der Waals surface area (Å²) in [5, 5.41) is 0. The standard InChI is InChI=1S/C14H9BF6O4/c16-9-5-7(1-3-11(9)22-13(18)19)24-15-25-8-2-4-12(10(17)6-8)23-14(20)21/h1-6,13-15H. The molecule has 0 aliphatic heterocycles. The number of alkyl halides is 4. The van der Waals surface area contributed by atoms with E-state index >= 15 is 0 Å². The number of hydrogen-bond donors (Lipinski definition) is 0. The number of halogens is 6. The Balaban J connectivity index is 1.90. The summed E-state index contributed by atoms with van der Waals surface area (Å²) in [5.74, 6) is -3.57. The van der Waals surface area contributed by atoms with Crippen LogP contribution in [0.4, 0.5) is 26.3 Å². The molecule has 2 rings (SSSR count). The van der Waals surface area contributed by atoms with Gasteiger partial charge in [0.15, 0.2) is 23.1 Å². The van der Waals surface area contributed by atoms with Crippen LogP contribution in [0.5, 0.6) is 23.0 Å². The monoisotopic (exact) mass is 366 g/mol. The molecule has 0 aromatic heterocycles. The van der Waals surface area contributed by atoms with Crippen molar-refractivity contribution in [2.24, 2.45) is 0 Å². The van der Waals surface area contributed by atoms with Gasteiger partial charge in [-0.1, -0.05) is 0 Å². The van der Waals surface area contributed by atoms with Crippen LogP contribution in [-0.2, 0) is 0 Å². The first-order valence-corrected chi connectivity index (χ1v) is 6.59. The third-order valence-electron chi connectivity index (χ3n) is 2.69. The topological polar surface area (TPSA) is 36.9 Å². The summed E-state index contributed by atoms with van der Waals surface area (Å²) in [4.78, 5) is 0. The van der Waals surface area contributed by atoms with Crippen molar-refractivity contribution in [3.8, 4) is 23.0 Å². The summed E-state index contributed by atoms with van der Waals surface area (Å²) in [6.45, 7) is -6.34. The normalized spacial score (nSPS) is 10.7. The van der Waals surface area contributed by atoms with Crippen LogP contribution in [0, 0.1) is 11.6 Å². The van der Waals surface area contributed by atoms with Crippen molar-refractivity contribution in [2.45, 2.75) is 13.2 Å². The maximum atomic E-state index is 13.5. The third kappa shape index (κ3) is 5.69. The lowest BCUT2D eigenvalue weighted by Gasteiger charge is -2.11. The predicted molar refractivity (Wildman–Crippen MR) is 74.5 cm³/mol. The van der Waals surface area contributed by atoms with Crippen LogP contribution in [0.1, 0.15) is 0 Å². The average molecular weight is 366 g/mol. The maximum absolute atomic E-state index is 13.5. The summed E-state index contributed by atoms with van der Waals surface area (Å²) in [6, 6.07) is 5.77. The Morgan fingerprint density at radius 2 is 1.08 bits per heavy atom. The van der Waals surface area contributed by atoms with E-state index in [4.69, 9.17) is 9.31 Å². The third-order valence-corrected chi connectivity index (χ3v) is 2.69. The zero-order valence-electron chi connectivity index (χ0n) is 12.2. The fourth-order valence-corrected chi connectivity index (χ4v) is 1.69. The van der Waals surface area contributed by atoms with Crippen molar-refractivity contribution in [3.63, 3.8) is 0 Å². The average Bonchev–Trinajstić information content (AvgIpc) is 2.52. The Hall–Kier alpha value is -2.72. The molecule has 0 aliphatic carbocycles. The van der Waals surface area contributed by atoms with E-state index < -0.39 is 44.0 Å². The van der Waals surface area contributed by atoms with E-state index in [2.05, 4.69) is 9.47 Å². The summed E-state index contributed by atoms with van der Waals surface area (Å²) in [7, 11) is -0.483. The van der Waals surface area contributed by atoms with Gasteiger partial charge in [-0.05, 0) is 24.3 Å². The van der Waals surface area contributed by atoms with Crippen LogP contribution in [0.3, 0.4) is 0 Å². The molecule has 0 bridgehead atoms. The first kappa shape index (κ1) is 18.6. The molecule has 0 saturated heterocycles. The number of rotatable bonds is 8. The van der Waals surface area contributed by atoms with Crippen LogP contribution in [-0.4, -0.2) is 20.9 Å². The second kappa shape index (κ2) is 8.40. The van der Waals surface area contributed by atoms with Gasteiger partial charge in [-0.25, -0.2) is 8.78 Å². The lowest BCUT2D eigenvalue weighted by atomic mass is 10.2. The smallest absolute Gasteiger partial charge is 0.528 e. The van der Waals surface area contributed by atoms with E-state index in [0.29, 0.717) is 0 Å². The minimum Gasteiger partial charge on any atom is -0.528 e. The minimum atomic E-state index is -3.17. The molecule has 134 valence electrons. The highest BCUT2D eigenvalue weighted by Gasteiger charge is 2.13. The molecule has 0 fully saturated rings. The molecule has 0 N–H and O–H groups in total. The zero-order valence-corrected chi connectivity index (χ0v) is 12.2. The minimum absolute atomic E-state index is 0.0581. The van der Waals surface area contributed by atoms with E-state index in [0.717, 1.165) is 36.4 Å². The van der Waals surface area contributed by atoms with Crippen molar-refractivity contribution in [3.05, 3.63) is 48.0 Å². The first-order chi connectivity index (χ1) is 11.8. The predicted octanol–water partition coefficient (Wildman–Crippen LogP) is 3.89. The molecular formula is C14H9BF6O4. The summed E-state index contributed by atoms with van der Waals surface area (Å²) >= 11 is 0. The van der Waals surface area contributed by atoms with E-state index in [9.17, 15) is 26.3 Å². The summed E-state index contributed by atoms with van der Waals surface area (Å²) in [6.07, 6.45) is 0. The van der Waals surface area contributed by atoms with Crippen LogP contribution in [0.2, 0.25) is 0 Å². The Bertz CT molecular complexity index is 656. The molecule has 25 heavy (non-hydrogen) atoms. The van der Waals surface area contributed by atoms with E-state index in [-0.39, 0.29) is 11.5 Å². The zero-order chi connectivity index (χ0) is 18.4. The number of ether oxygens (including phenoxy) is 2. The molecule has 0 radical (unpaired) electrons. The van der Waals surface area contributed by atoms with Crippen molar-refractivity contribution >= 4 is 7.69 Å².